The zero-order chi connectivity index (χ0) is 19.1. The minimum atomic E-state index is 0.153. The summed E-state index contributed by atoms with van der Waals surface area (Å²) in [7, 11) is 0. The molecule has 2 aliphatic heterocycles. The summed E-state index contributed by atoms with van der Waals surface area (Å²) < 4.78 is 7.18. The van der Waals surface area contributed by atoms with Gasteiger partial charge in [0.2, 0.25) is 10.9 Å². The van der Waals surface area contributed by atoms with E-state index in [0.29, 0.717) is 12.8 Å². The fraction of sp³-hybridized carbons (Fsp3) is 0.474. The molecule has 1 saturated heterocycles. The summed E-state index contributed by atoms with van der Waals surface area (Å²) in [5.74, 6) is 0.925. The Morgan fingerprint density at radius 3 is 2.89 bits per heavy atom. The number of ether oxygens (including phenoxy) is 1. The number of anilines is 2. The number of amides is 1. The number of benzene rings is 1. The second-order valence-electron chi connectivity index (χ2n) is 7.15. The molecule has 28 heavy (non-hydrogen) atoms. The van der Waals surface area contributed by atoms with Crippen LogP contribution in [0.15, 0.2) is 18.2 Å². The number of nitrogens with zero attached hydrogens (tertiary/aromatic N) is 6. The average molecular weight is 398 g/mol. The molecule has 1 amide bonds. The van der Waals surface area contributed by atoms with Crippen LogP contribution in [0.4, 0.5) is 11.4 Å². The van der Waals surface area contributed by atoms with Gasteiger partial charge in [-0.1, -0.05) is 11.3 Å². The highest BCUT2D eigenvalue weighted by molar-refractivity contribution is 7.16. The number of carbonyl (C=O) groups excluding carboxylic acids is 1. The number of hydrogen-bond donors (Lipinski definition) is 0. The summed E-state index contributed by atoms with van der Waals surface area (Å²) in [4.78, 5) is 17.9. The van der Waals surface area contributed by atoms with Crippen LogP contribution in [0.2, 0.25) is 0 Å². The fourth-order valence-electron chi connectivity index (χ4n) is 3.87. The highest BCUT2D eigenvalue weighted by atomic mass is 32.1. The van der Waals surface area contributed by atoms with E-state index in [9.17, 15) is 4.79 Å². The molecule has 5 rings (SSSR count). The maximum Gasteiger partial charge on any atom is 0.234 e. The third-order valence-corrected chi connectivity index (χ3v) is 6.34. The molecule has 9 heteroatoms. The minimum Gasteiger partial charge on any atom is -0.378 e. The first-order valence-corrected chi connectivity index (χ1v) is 10.4. The maximum absolute atomic E-state index is 12.8. The standard InChI is InChI=1S/C19H22N6O2S/c1-13-20-21-19-25(13)22-17(28-19)4-5-18(26)24-7-6-14-12-15(2-3-16(14)24)23-8-10-27-11-9-23/h2-3,12H,4-11H2,1H3. The van der Waals surface area contributed by atoms with Crippen LogP contribution in [0.25, 0.3) is 4.96 Å². The Balaban J connectivity index is 1.26. The number of hydrogen-bond acceptors (Lipinski definition) is 7. The van der Waals surface area contributed by atoms with Crippen molar-refractivity contribution in [1.29, 1.82) is 0 Å². The van der Waals surface area contributed by atoms with Gasteiger partial charge in [0.05, 0.1) is 13.2 Å². The number of aryl methyl sites for hydroxylation is 2. The molecule has 2 aromatic heterocycles. The Kier molecular flexibility index (Phi) is 4.48. The van der Waals surface area contributed by atoms with Gasteiger partial charge in [-0.15, -0.1) is 10.2 Å². The molecule has 1 fully saturated rings. The van der Waals surface area contributed by atoms with Crippen LogP contribution in [0.1, 0.15) is 22.8 Å². The largest absolute Gasteiger partial charge is 0.378 e. The van der Waals surface area contributed by atoms with Gasteiger partial charge in [-0.2, -0.15) is 9.61 Å². The van der Waals surface area contributed by atoms with Gasteiger partial charge in [-0.05, 0) is 37.1 Å². The molecule has 0 aliphatic carbocycles. The van der Waals surface area contributed by atoms with Gasteiger partial charge in [0.25, 0.3) is 0 Å². The first-order chi connectivity index (χ1) is 13.7. The lowest BCUT2D eigenvalue weighted by Crippen LogP contribution is -2.36. The molecule has 0 saturated carbocycles. The lowest BCUT2D eigenvalue weighted by atomic mass is 10.1. The van der Waals surface area contributed by atoms with Gasteiger partial charge in [0, 0.05) is 43.9 Å². The van der Waals surface area contributed by atoms with E-state index in [4.69, 9.17) is 4.74 Å². The quantitative estimate of drug-likeness (QED) is 0.668. The lowest BCUT2D eigenvalue weighted by molar-refractivity contribution is -0.118. The van der Waals surface area contributed by atoms with E-state index in [1.165, 1.54) is 22.6 Å². The van der Waals surface area contributed by atoms with Gasteiger partial charge in [0.15, 0.2) is 5.82 Å². The lowest BCUT2D eigenvalue weighted by Gasteiger charge is -2.29. The van der Waals surface area contributed by atoms with Crippen LogP contribution >= 0.6 is 11.3 Å². The molecule has 0 N–H and O–H groups in total. The Labute approximate surface area is 166 Å². The molecule has 4 heterocycles. The summed E-state index contributed by atoms with van der Waals surface area (Å²) in [5.41, 5.74) is 3.54. The normalized spacial score (nSPS) is 16.8. The van der Waals surface area contributed by atoms with Crippen LogP contribution < -0.4 is 9.80 Å². The second-order valence-corrected chi connectivity index (χ2v) is 8.19. The summed E-state index contributed by atoms with van der Waals surface area (Å²) in [6.07, 6.45) is 1.99. The van der Waals surface area contributed by atoms with Crippen molar-refractivity contribution in [2.75, 3.05) is 42.6 Å². The zero-order valence-corrected chi connectivity index (χ0v) is 16.6. The van der Waals surface area contributed by atoms with Crippen molar-refractivity contribution in [3.63, 3.8) is 0 Å². The van der Waals surface area contributed by atoms with Crippen LogP contribution in [0.5, 0.6) is 0 Å². The predicted octanol–water partition coefficient (Wildman–Crippen LogP) is 1.85. The average Bonchev–Trinajstić information content (AvgIpc) is 3.42. The number of fused-ring (bicyclic) bond motifs is 2. The van der Waals surface area contributed by atoms with E-state index in [0.717, 1.165) is 60.7 Å². The van der Waals surface area contributed by atoms with Crippen molar-refractivity contribution < 1.29 is 9.53 Å². The van der Waals surface area contributed by atoms with Gasteiger partial charge in [0.1, 0.15) is 5.01 Å². The smallest absolute Gasteiger partial charge is 0.234 e. The molecule has 146 valence electrons. The van der Waals surface area contributed by atoms with Gasteiger partial charge in [-0.3, -0.25) is 4.79 Å². The number of aromatic nitrogens is 4. The number of rotatable bonds is 4. The van der Waals surface area contributed by atoms with Crippen molar-refractivity contribution in [3.05, 3.63) is 34.6 Å². The molecule has 0 bridgehead atoms. The summed E-state index contributed by atoms with van der Waals surface area (Å²) in [6.45, 7) is 6.03. The van der Waals surface area contributed by atoms with Crippen molar-refractivity contribution in [2.24, 2.45) is 0 Å². The molecular formula is C19H22N6O2S. The van der Waals surface area contributed by atoms with Crippen LogP contribution in [0.3, 0.4) is 0 Å². The molecular weight excluding hydrogens is 376 g/mol. The van der Waals surface area contributed by atoms with Gasteiger partial charge in [-0.25, -0.2) is 0 Å². The van der Waals surface area contributed by atoms with E-state index >= 15 is 0 Å². The Morgan fingerprint density at radius 1 is 1.21 bits per heavy atom. The first-order valence-electron chi connectivity index (χ1n) is 9.63. The summed E-state index contributed by atoms with van der Waals surface area (Å²) in [5, 5.41) is 13.5. The van der Waals surface area contributed by atoms with Crippen molar-refractivity contribution in [2.45, 2.75) is 26.2 Å². The molecule has 0 spiro atoms. The van der Waals surface area contributed by atoms with Crippen molar-refractivity contribution >= 4 is 33.6 Å². The fourth-order valence-corrected chi connectivity index (χ4v) is 4.75. The molecule has 8 nitrogen and oxygen atoms in total. The Hall–Kier alpha value is -2.52. The van der Waals surface area contributed by atoms with Crippen LogP contribution in [-0.4, -0.2) is 58.6 Å². The van der Waals surface area contributed by atoms with Gasteiger partial charge >= 0.3 is 0 Å². The van der Waals surface area contributed by atoms with Gasteiger partial charge < -0.3 is 14.5 Å². The van der Waals surface area contributed by atoms with E-state index in [2.05, 4.69) is 38.4 Å². The monoisotopic (exact) mass is 398 g/mol. The molecule has 0 unspecified atom stereocenters. The second kappa shape index (κ2) is 7.14. The number of carbonyl (C=O) groups is 1. The van der Waals surface area contributed by atoms with E-state index in [1.807, 2.05) is 11.8 Å². The third kappa shape index (κ3) is 3.14. The molecule has 0 atom stereocenters. The third-order valence-electron chi connectivity index (χ3n) is 5.38. The topological polar surface area (TPSA) is 75.9 Å². The van der Waals surface area contributed by atoms with Crippen LogP contribution in [-0.2, 0) is 22.4 Å². The predicted molar refractivity (Wildman–Crippen MR) is 107 cm³/mol. The zero-order valence-electron chi connectivity index (χ0n) is 15.8. The minimum absolute atomic E-state index is 0.153. The Morgan fingerprint density at radius 2 is 2.07 bits per heavy atom. The molecule has 3 aromatic rings. The molecule has 0 radical (unpaired) electrons. The SMILES string of the molecule is Cc1nnc2sc(CCC(=O)N3CCc4cc(N5CCOCC5)ccc43)nn12. The van der Waals surface area contributed by atoms with E-state index < -0.39 is 0 Å². The van der Waals surface area contributed by atoms with E-state index in [1.54, 1.807) is 4.52 Å². The summed E-state index contributed by atoms with van der Waals surface area (Å²) >= 11 is 1.50. The first kappa shape index (κ1) is 17.6. The van der Waals surface area contributed by atoms with E-state index in [-0.39, 0.29) is 5.91 Å². The molecule has 2 aliphatic rings. The Bertz CT molecular complexity index is 1020. The summed E-state index contributed by atoms with van der Waals surface area (Å²) in [6, 6.07) is 6.46. The van der Waals surface area contributed by atoms with Crippen molar-refractivity contribution in [1.82, 2.24) is 19.8 Å². The highest BCUT2D eigenvalue weighted by Crippen LogP contribution is 2.32. The number of morpholine rings is 1. The molecule has 1 aromatic carbocycles. The van der Waals surface area contributed by atoms with Crippen LogP contribution in [0, 0.1) is 6.92 Å². The maximum atomic E-state index is 12.8. The highest BCUT2D eigenvalue weighted by Gasteiger charge is 2.26. The van der Waals surface area contributed by atoms with Crippen molar-refractivity contribution in [3.8, 4) is 0 Å².